The Kier molecular flexibility index (Phi) is 5.30. The van der Waals surface area contributed by atoms with E-state index in [-0.39, 0.29) is 23.8 Å². The monoisotopic (exact) mass is 271 g/mol. The van der Waals surface area contributed by atoms with E-state index in [0.717, 1.165) is 0 Å². The van der Waals surface area contributed by atoms with Crippen LogP contribution < -0.4 is 0 Å². The molecule has 0 N–H and O–H groups in total. The van der Waals surface area contributed by atoms with E-state index in [4.69, 9.17) is 0 Å². The third-order valence-corrected chi connectivity index (χ3v) is 4.40. The maximum absolute atomic E-state index is 12.1. The molecule has 1 rings (SSSR count). The van der Waals surface area contributed by atoms with Crippen LogP contribution in [0.4, 0.5) is 0 Å². The van der Waals surface area contributed by atoms with Gasteiger partial charge in [-0.3, -0.25) is 4.79 Å². The summed E-state index contributed by atoms with van der Waals surface area (Å²) in [6.45, 7) is 0.284. The zero-order chi connectivity index (χ0) is 13.6. The number of carbonyl (C=O) groups is 1. The Balaban J connectivity index is 2.61. The summed E-state index contributed by atoms with van der Waals surface area (Å²) in [7, 11) is -0.651. The van der Waals surface area contributed by atoms with Crippen molar-refractivity contribution >= 4 is 16.0 Å². The fraction of sp³-hybridized carbons (Fsp3) is 0.417. The molecule has 0 amide bonds. The Morgan fingerprint density at radius 3 is 2.44 bits per heavy atom. The first-order chi connectivity index (χ1) is 8.48. The van der Waals surface area contributed by atoms with E-state index >= 15 is 0 Å². The number of hydrogen-bond donors (Lipinski definition) is 0. The van der Waals surface area contributed by atoms with Crippen molar-refractivity contribution in [3.63, 3.8) is 0 Å². The summed E-state index contributed by atoms with van der Waals surface area (Å²) in [5, 5.41) is 0. The molecule has 0 bridgehead atoms. The molecular formula is C12H17NO4S. The van der Waals surface area contributed by atoms with Crippen molar-refractivity contribution in [1.29, 1.82) is 0 Å². The molecular weight excluding hydrogens is 254 g/mol. The molecule has 0 spiro atoms. The Hall–Kier alpha value is -1.40. The summed E-state index contributed by atoms with van der Waals surface area (Å²) in [5.74, 6) is -0.333. The predicted molar refractivity (Wildman–Crippen MR) is 67.5 cm³/mol. The van der Waals surface area contributed by atoms with Crippen molar-refractivity contribution in [3.8, 4) is 0 Å². The van der Waals surface area contributed by atoms with Gasteiger partial charge in [-0.1, -0.05) is 18.2 Å². The van der Waals surface area contributed by atoms with Crippen LogP contribution in [0.2, 0.25) is 0 Å². The number of benzene rings is 1. The molecule has 0 atom stereocenters. The van der Waals surface area contributed by atoms with Gasteiger partial charge in [-0.25, -0.2) is 12.7 Å². The number of rotatable bonds is 6. The number of nitrogens with zero attached hydrogens (tertiary/aromatic N) is 1. The van der Waals surface area contributed by atoms with Gasteiger partial charge in [-0.2, -0.15) is 0 Å². The zero-order valence-electron chi connectivity index (χ0n) is 10.5. The lowest BCUT2D eigenvalue weighted by Gasteiger charge is -2.16. The van der Waals surface area contributed by atoms with Gasteiger partial charge in [-0.15, -0.1) is 0 Å². The van der Waals surface area contributed by atoms with Gasteiger partial charge in [-0.05, 0) is 18.6 Å². The highest BCUT2D eigenvalue weighted by Crippen LogP contribution is 2.13. The molecule has 0 aliphatic carbocycles. The van der Waals surface area contributed by atoms with E-state index in [1.807, 2.05) is 0 Å². The van der Waals surface area contributed by atoms with Crippen molar-refractivity contribution in [2.24, 2.45) is 0 Å². The van der Waals surface area contributed by atoms with Crippen molar-refractivity contribution in [1.82, 2.24) is 4.31 Å². The molecule has 18 heavy (non-hydrogen) atoms. The molecule has 100 valence electrons. The summed E-state index contributed by atoms with van der Waals surface area (Å²) >= 11 is 0. The maximum atomic E-state index is 12.1. The van der Waals surface area contributed by atoms with E-state index < -0.39 is 10.0 Å². The lowest BCUT2D eigenvalue weighted by molar-refractivity contribution is -0.140. The number of hydrogen-bond acceptors (Lipinski definition) is 4. The zero-order valence-corrected chi connectivity index (χ0v) is 11.3. The van der Waals surface area contributed by atoms with Crippen molar-refractivity contribution < 1.29 is 17.9 Å². The van der Waals surface area contributed by atoms with Crippen LogP contribution in [0, 0.1) is 0 Å². The number of methoxy groups -OCH3 is 1. The molecule has 0 radical (unpaired) electrons. The first kappa shape index (κ1) is 14.7. The minimum atomic E-state index is -3.46. The van der Waals surface area contributed by atoms with Gasteiger partial charge in [0.1, 0.15) is 0 Å². The summed E-state index contributed by atoms with van der Waals surface area (Å²) in [6.07, 6.45) is 0.653. The Labute approximate surface area is 107 Å². The van der Waals surface area contributed by atoms with Crippen LogP contribution in [0.5, 0.6) is 0 Å². The smallest absolute Gasteiger partial charge is 0.305 e. The molecule has 1 aromatic rings. The lowest BCUT2D eigenvalue weighted by atomic mass is 10.3. The Bertz CT molecular complexity index is 484. The Morgan fingerprint density at radius 1 is 1.28 bits per heavy atom. The van der Waals surface area contributed by atoms with Gasteiger partial charge >= 0.3 is 5.97 Å². The molecule has 5 nitrogen and oxygen atoms in total. The molecule has 0 aromatic heterocycles. The molecule has 0 saturated carbocycles. The molecule has 0 heterocycles. The SMILES string of the molecule is COC(=O)CCCN(C)S(=O)(=O)c1ccccc1. The van der Waals surface area contributed by atoms with Crippen molar-refractivity contribution in [2.75, 3.05) is 20.7 Å². The number of sulfonamides is 1. The number of ether oxygens (including phenoxy) is 1. The Morgan fingerprint density at radius 2 is 1.89 bits per heavy atom. The first-order valence-corrected chi connectivity index (χ1v) is 7.00. The van der Waals surface area contributed by atoms with E-state index in [1.54, 1.807) is 30.3 Å². The molecule has 0 fully saturated rings. The fourth-order valence-corrected chi connectivity index (χ4v) is 2.67. The molecule has 0 unspecified atom stereocenters. The second-order valence-corrected chi connectivity index (χ2v) is 5.86. The second-order valence-electron chi connectivity index (χ2n) is 3.82. The van der Waals surface area contributed by atoms with Gasteiger partial charge in [0.25, 0.3) is 0 Å². The predicted octanol–water partition coefficient (Wildman–Crippen LogP) is 1.26. The molecule has 0 aliphatic heterocycles. The number of esters is 1. The van der Waals surface area contributed by atoms with Crippen LogP contribution in [0.1, 0.15) is 12.8 Å². The van der Waals surface area contributed by atoms with Crippen molar-refractivity contribution in [2.45, 2.75) is 17.7 Å². The van der Waals surface area contributed by atoms with Crippen LogP contribution in [0.15, 0.2) is 35.2 Å². The van der Waals surface area contributed by atoms with E-state index in [2.05, 4.69) is 4.74 Å². The third-order valence-electron chi connectivity index (χ3n) is 2.53. The van der Waals surface area contributed by atoms with E-state index in [1.165, 1.54) is 18.5 Å². The van der Waals surface area contributed by atoms with Gasteiger partial charge in [0.05, 0.1) is 12.0 Å². The van der Waals surface area contributed by atoms with Crippen LogP contribution in [-0.2, 0) is 19.6 Å². The normalized spacial score (nSPS) is 11.5. The van der Waals surface area contributed by atoms with Crippen LogP contribution >= 0.6 is 0 Å². The van der Waals surface area contributed by atoms with E-state index in [9.17, 15) is 13.2 Å². The maximum Gasteiger partial charge on any atom is 0.305 e. The van der Waals surface area contributed by atoms with Gasteiger partial charge in [0.2, 0.25) is 10.0 Å². The van der Waals surface area contributed by atoms with Crippen LogP contribution in [0.25, 0.3) is 0 Å². The number of carbonyl (C=O) groups excluding carboxylic acids is 1. The largest absolute Gasteiger partial charge is 0.469 e. The average molecular weight is 271 g/mol. The topological polar surface area (TPSA) is 63.7 Å². The minimum Gasteiger partial charge on any atom is -0.469 e. The van der Waals surface area contributed by atoms with E-state index in [0.29, 0.717) is 6.42 Å². The molecule has 0 aliphatic rings. The average Bonchev–Trinajstić information content (AvgIpc) is 2.39. The molecule has 1 aromatic carbocycles. The van der Waals surface area contributed by atoms with Crippen LogP contribution in [-0.4, -0.2) is 39.4 Å². The molecule has 6 heteroatoms. The first-order valence-electron chi connectivity index (χ1n) is 5.56. The lowest BCUT2D eigenvalue weighted by Crippen LogP contribution is -2.28. The third kappa shape index (κ3) is 3.82. The summed E-state index contributed by atoms with van der Waals surface area (Å²) in [5.41, 5.74) is 0. The van der Waals surface area contributed by atoms with Crippen molar-refractivity contribution in [3.05, 3.63) is 30.3 Å². The quantitative estimate of drug-likeness (QED) is 0.731. The highest BCUT2D eigenvalue weighted by Gasteiger charge is 2.19. The van der Waals surface area contributed by atoms with Gasteiger partial charge in [0.15, 0.2) is 0 Å². The second kappa shape index (κ2) is 6.51. The highest BCUT2D eigenvalue weighted by molar-refractivity contribution is 7.89. The summed E-state index contributed by atoms with van der Waals surface area (Å²) in [6, 6.07) is 8.21. The van der Waals surface area contributed by atoms with Gasteiger partial charge < -0.3 is 4.74 Å². The minimum absolute atomic E-state index is 0.213. The standard InChI is InChI=1S/C12H17NO4S/c1-13(10-6-9-12(14)17-2)18(15,16)11-7-4-3-5-8-11/h3-5,7-8H,6,9-10H2,1-2H3. The summed E-state index contributed by atoms with van der Waals surface area (Å²) in [4.78, 5) is 11.2. The van der Waals surface area contributed by atoms with Gasteiger partial charge in [0, 0.05) is 20.0 Å². The molecule has 0 saturated heterocycles. The fourth-order valence-electron chi connectivity index (χ4n) is 1.44. The highest BCUT2D eigenvalue weighted by atomic mass is 32.2. The summed E-state index contributed by atoms with van der Waals surface area (Å²) < 4.78 is 29.9. The van der Waals surface area contributed by atoms with Crippen LogP contribution in [0.3, 0.4) is 0 Å².